The van der Waals surface area contributed by atoms with Crippen molar-refractivity contribution in [1.29, 1.82) is 5.26 Å². The molecule has 2 rings (SSSR count). The van der Waals surface area contributed by atoms with E-state index in [4.69, 9.17) is 5.26 Å². The van der Waals surface area contributed by atoms with Crippen LogP contribution >= 0.6 is 11.8 Å². The van der Waals surface area contributed by atoms with Crippen LogP contribution in [0, 0.1) is 28.4 Å². The van der Waals surface area contributed by atoms with Crippen molar-refractivity contribution in [2.24, 2.45) is 0 Å². The van der Waals surface area contributed by atoms with Crippen LogP contribution in [0.2, 0.25) is 0 Å². The summed E-state index contributed by atoms with van der Waals surface area (Å²) < 4.78 is 0. The molecule has 0 unspecified atom stereocenters. The Labute approximate surface area is 114 Å². The molecule has 0 aliphatic heterocycles. The SMILES string of the molecule is Cc1cc(Sc2ccccc2)c(C#N)cc1[N+](=O)[O-]. The largest absolute Gasteiger partial charge is 0.273 e. The number of nitro benzene ring substituents is 1. The summed E-state index contributed by atoms with van der Waals surface area (Å²) in [6.07, 6.45) is 0. The van der Waals surface area contributed by atoms with E-state index < -0.39 is 4.92 Å². The van der Waals surface area contributed by atoms with Gasteiger partial charge in [0.1, 0.15) is 6.07 Å². The minimum atomic E-state index is -0.465. The highest BCUT2D eigenvalue weighted by Crippen LogP contribution is 2.33. The summed E-state index contributed by atoms with van der Waals surface area (Å²) in [4.78, 5) is 12.1. The van der Waals surface area contributed by atoms with Gasteiger partial charge in [0.25, 0.3) is 5.69 Å². The van der Waals surface area contributed by atoms with E-state index in [2.05, 4.69) is 0 Å². The van der Waals surface area contributed by atoms with Gasteiger partial charge in [0.15, 0.2) is 0 Å². The fraction of sp³-hybridized carbons (Fsp3) is 0.0714. The van der Waals surface area contributed by atoms with Crippen LogP contribution in [0.15, 0.2) is 52.3 Å². The van der Waals surface area contributed by atoms with Gasteiger partial charge in [-0.1, -0.05) is 30.0 Å². The van der Waals surface area contributed by atoms with Gasteiger partial charge in [0.2, 0.25) is 0 Å². The summed E-state index contributed by atoms with van der Waals surface area (Å²) in [5, 5.41) is 20.0. The Balaban J connectivity index is 2.44. The molecule has 4 nitrogen and oxygen atoms in total. The lowest BCUT2D eigenvalue weighted by atomic mass is 10.1. The minimum absolute atomic E-state index is 0.0195. The topological polar surface area (TPSA) is 66.9 Å². The van der Waals surface area contributed by atoms with Gasteiger partial charge in [-0.15, -0.1) is 0 Å². The van der Waals surface area contributed by atoms with E-state index in [0.717, 1.165) is 9.79 Å². The lowest BCUT2D eigenvalue weighted by Gasteiger charge is -2.06. The van der Waals surface area contributed by atoms with Gasteiger partial charge in [-0.25, -0.2) is 0 Å². The number of nitro groups is 1. The molecule has 19 heavy (non-hydrogen) atoms. The Kier molecular flexibility index (Phi) is 3.83. The Morgan fingerprint density at radius 2 is 1.95 bits per heavy atom. The smallest absolute Gasteiger partial charge is 0.258 e. The van der Waals surface area contributed by atoms with Crippen molar-refractivity contribution in [3.05, 3.63) is 63.7 Å². The highest BCUT2D eigenvalue weighted by atomic mass is 32.2. The third-order valence-electron chi connectivity index (χ3n) is 2.59. The van der Waals surface area contributed by atoms with Crippen LogP contribution in [0.4, 0.5) is 5.69 Å². The molecule has 5 heteroatoms. The molecule has 2 aromatic carbocycles. The van der Waals surface area contributed by atoms with E-state index >= 15 is 0 Å². The van der Waals surface area contributed by atoms with Crippen molar-refractivity contribution in [3.63, 3.8) is 0 Å². The molecule has 0 aliphatic rings. The summed E-state index contributed by atoms with van der Waals surface area (Å²) in [5.41, 5.74) is 0.863. The fourth-order valence-electron chi connectivity index (χ4n) is 1.65. The molecule has 0 saturated carbocycles. The predicted molar refractivity (Wildman–Crippen MR) is 73.1 cm³/mol. The van der Waals surface area contributed by atoms with Crippen LogP contribution < -0.4 is 0 Å². The van der Waals surface area contributed by atoms with E-state index in [1.165, 1.54) is 17.8 Å². The van der Waals surface area contributed by atoms with Crippen molar-refractivity contribution in [2.45, 2.75) is 16.7 Å². The van der Waals surface area contributed by atoms with Crippen LogP contribution in [0.5, 0.6) is 0 Å². The van der Waals surface area contributed by atoms with E-state index in [-0.39, 0.29) is 5.69 Å². The first-order chi connectivity index (χ1) is 9.11. The summed E-state index contributed by atoms with van der Waals surface area (Å²) in [7, 11) is 0. The van der Waals surface area contributed by atoms with Crippen molar-refractivity contribution in [3.8, 4) is 6.07 Å². The van der Waals surface area contributed by atoms with Crippen LogP contribution in [0.3, 0.4) is 0 Å². The average molecular weight is 270 g/mol. The maximum Gasteiger partial charge on any atom is 0.273 e. The van der Waals surface area contributed by atoms with Crippen LogP contribution in [-0.4, -0.2) is 4.92 Å². The molecule has 2 aromatic rings. The fourth-order valence-corrected chi connectivity index (χ4v) is 2.65. The first-order valence-electron chi connectivity index (χ1n) is 5.54. The zero-order chi connectivity index (χ0) is 13.8. The molecule has 0 radical (unpaired) electrons. The number of rotatable bonds is 3. The van der Waals surface area contributed by atoms with Gasteiger partial charge < -0.3 is 0 Å². The highest BCUT2D eigenvalue weighted by Gasteiger charge is 2.15. The Morgan fingerprint density at radius 1 is 1.26 bits per heavy atom. The van der Waals surface area contributed by atoms with Crippen LogP contribution in [0.25, 0.3) is 0 Å². The van der Waals surface area contributed by atoms with Gasteiger partial charge >= 0.3 is 0 Å². The number of nitrogens with zero attached hydrogens (tertiary/aromatic N) is 2. The number of benzene rings is 2. The van der Waals surface area contributed by atoms with Crippen LogP contribution in [-0.2, 0) is 0 Å². The molecule has 0 fully saturated rings. The summed E-state index contributed by atoms with van der Waals surface area (Å²) >= 11 is 1.43. The summed E-state index contributed by atoms with van der Waals surface area (Å²) in [6, 6.07) is 14.6. The van der Waals surface area contributed by atoms with Gasteiger partial charge in [-0.2, -0.15) is 5.26 Å². The van der Waals surface area contributed by atoms with Crippen molar-refractivity contribution < 1.29 is 4.92 Å². The lowest BCUT2D eigenvalue weighted by molar-refractivity contribution is -0.385. The minimum Gasteiger partial charge on any atom is -0.258 e. The molecule has 0 aromatic heterocycles. The zero-order valence-electron chi connectivity index (χ0n) is 10.2. The zero-order valence-corrected chi connectivity index (χ0v) is 11.0. The molecular weight excluding hydrogens is 260 g/mol. The molecule has 0 aliphatic carbocycles. The number of hydrogen-bond acceptors (Lipinski definition) is 4. The normalized spacial score (nSPS) is 9.89. The van der Waals surface area contributed by atoms with Gasteiger partial charge in [-0.05, 0) is 25.1 Å². The maximum atomic E-state index is 10.8. The van der Waals surface area contributed by atoms with E-state index in [9.17, 15) is 10.1 Å². The third-order valence-corrected chi connectivity index (χ3v) is 3.65. The second-order valence-electron chi connectivity index (χ2n) is 3.92. The van der Waals surface area contributed by atoms with E-state index in [1.54, 1.807) is 13.0 Å². The molecule has 0 heterocycles. The summed E-state index contributed by atoms with van der Waals surface area (Å²) in [6.45, 7) is 1.67. The first kappa shape index (κ1) is 13.1. The Morgan fingerprint density at radius 3 is 2.53 bits per heavy atom. The molecular formula is C14H10N2O2S. The molecule has 0 saturated heterocycles. The van der Waals surface area contributed by atoms with Gasteiger partial charge in [0, 0.05) is 21.4 Å². The molecule has 0 atom stereocenters. The lowest BCUT2D eigenvalue weighted by Crippen LogP contribution is -1.94. The second kappa shape index (κ2) is 5.55. The second-order valence-corrected chi connectivity index (χ2v) is 5.03. The van der Waals surface area contributed by atoms with Crippen molar-refractivity contribution in [1.82, 2.24) is 0 Å². The van der Waals surface area contributed by atoms with E-state index in [0.29, 0.717) is 11.1 Å². The number of nitriles is 1. The summed E-state index contributed by atoms with van der Waals surface area (Å²) in [5.74, 6) is 0. The van der Waals surface area contributed by atoms with Crippen LogP contribution in [0.1, 0.15) is 11.1 Å². The maximum absolute atomic E-state index is 10.8. The van der Waals surface area contributed by atoms with Crippen molar-refractivity contribution >= 4 is 17.4 Å². The molecule has 94 valence electrons. The number of hydrogen-bond donors (Lipinski definition) is 0. The molecule has 0 N–H and O–H groups in total. The number of aryl methyl sites for hydroxylation is 1. The predicted octanol–water partition coefficient (Wildman–Crippen LogP) is 3.93. The van der Waals surface area contributed by atoms with E-state index in [1.807, 2.05) is 36.4 Å². The Bertz CT molecular complexity index is 663. The van der Waals surface area contributed by atoms with Gasteiger partial charge in [-0.3, -0.25) is 10.1 Å². The molecule has 0 spiro atoms. The standard InChI is InChI=1S/C14H10N2O2S/c1-10-7-14(19-12-5-3-2-4-6-12)11(9-15)8-13(10)16(17)18/h2-8H,1H3. The first-order valence-corrected chi connectivity index (χ1v) is 6.35. The third kappa shape index (κ3) is 2.92. The monoisotopic (exact) mass is 270 g/mol. The average Bonchev–Trinajstić information content (AvgIpc) is 2.39. The quantitative estimate of drug-likeness (QED) is 0.626. The highest BCUT2D eigenvalue weighted by molar-refractivity contribution is 7.99. The Hall–Kier alpha value is -2.32. The molecule has 0 amide bonds. The van der Waals surface area contributed by atoms with Gasteiger partial charge in [0.05, 0.1) is 10.5 Å². The molecule has 0 bridgehead atoms. The van der Waals surface area contributed by atoms with Crippen molar-refractivity contribution in [2.75, 3.05) is 0 Å².